The van der Waals surface area contributed by atoms with Crippen molar-refractivity contribution < 1.29 is 22.7 Å². The maximum absolute atomic E-state index is 13.4. The van der Waals surface area contributed by atoms with E-state index in [1.807, 2.05) is 0 Å². The van der Waals surface area contributed by atoms with Crippen molar-refractivity contribution in [3.63, 3.8) is 0 Å². The minimum Gasteiger partial charge on any atom is -0.383 e. The van der Waals surface area contributed by atoms with Crippen LogP contribution in [0, 0.1) is 0 Å². The number of halogens is 5. The number of alkyl halides is 3. The molecule has 2 aromatic rings. The number of rotatable bonds is 5. The van der Waals surface area contributed by atoms with Gasteiger partial charge in [-0.15, -0.1) is 0 Å². The van der Waals surface area contributed by atoms with E-state index in [0.717, 1.165) is 23.6 Å². The number of nitrogens with one attached hydrogen (secondary N) is 2. The Bertz CT molecular complexity index is 1100. The molecule has 1 aromatic carbocycles. The first kappa shape index (κ1) is 23.9. The van der Waals surface area contributed by atoms with Gasteiger partial charge in [0.1, 0.15) is 11.9 Å². The number of hydrogen-bond acceptors (Lipinski definition) is 5. The third-order valence-electron chi connectivity index (χ3n) is 5.75. The Hall–Kier alpha value is -2.27. The highest BCUT2D eigenvalue weighted by atomic mass is 35.5. The van der Waals surface area contributed by atoms with Crippen molar-refractivity contribution in [2.75, 3.05) is 25.6 Å². The molecule has 12 heteroatoms. The van der Waals surface area contributed by atoms with E-state index in [1.165, 1.54) is 12.1 Å². The Morgan fingerprint density at radius 1 is 1.30 bits per heavy atom. The number of allylic oxidation sites excluding steroid dienone is 1. The van der Waals surface area contributed by atoms with Gasteiger partial charge < -0.3 is 10.1 Å². The molecule has 7 nitrogen and oxygen atoms in total. The lowest BCUT2D eigenvalue weighted by Crippen LogP contribution is -2.48. The summed E-state index contributed by atoms with van der Waals surface area (Å²) in [5.41, 5.74) is 2.94. The lowest BCUT2D eigenvalue weighted by Gasteiger charge is -2.32. The second-order valence-corrected chi connectivity index (χ2v) is 8.80. The van der Waals surface area contributed by atoms with Gasteiger partial charge in [-0.25, -0.2) is 9.69 Å². The van der Waals surface area contributed by atoms with Crippen LogP contribution in [0.25, 0.3) is 0 Å². The number of methoxy groups -OCH3 is 1. The van der Waals surface area contributed by atoms with E-state index in [9.17, 15) is 18.0 Å². The summed E-state index contributed by atoms with van der Waals surface area (Å²) in [6, 6.07) is 4.66. The van der Waals surface area contributed by atoms with Crippen molar-refractivity contribution in [3.8, 4) is 0 Å². The highest BCUT2D eigenvalue weighted by Crippen LogP contribution is 2.40. The Labute approximate surface area is 198 Å². The molecule has 0 saturated carbocycles. The van der Waals surface area contributed by atoms with E-state index in [1.54, 1.807) is 25.1 Å². The largest absolute Gasteiger partial charge is 0.435 e. The van der Waals surface area contributed by atoms with Crippen molar-refractivity contribution in [1.82, 2.24) is 20.2 Å². The molecule has 2 aliphatic heterocycles. The minimum atomic E-state index is -4.65. The Morgan fingerprint density at radius 2 is 2.06 bits per heavy atom. The summed E-state index contributed by atoms with van der Waals surface area (Å²) in [5.74, 6) is -0.334. The average Bonchev–Trinajstić information content (AvgIpc) is 3.36. The summed E-state index contributed by atoms with van der Waals surface area (Å²) < 4.78 is 46.6. The maximum atomic E-state index is 13.4. The fourth-order valence-corrected chi connectivity index (χ4v) is 4.54. The molecule has 2 N–H and O–H groups in total. The van der Waals surface area contributed by atoms with Crippen molar-refractivity contribution in [2.45, 2.75) is 38.0 Å². The molecular weight excluding hydrogens is 482 g/mol. The van der Waals surface area contributed by atoms with Gasteiger partial charge in [-0.3, -0.25) is 10.2 Å². The number of benzene rings is 1. The number of nitrogens with zero attached hydrogens (tertiary/aromatic N) is 3. The molecule has 0 spiro atoms. The monoisotopic (exact) mass is 503 g/mol. The number of amides is 1. The quantitative estimate of drug-likeness (QED) is 0.621. The van der Waals surface area contributed by atoms with Gasteiger partial charge in [-0.2, -0.15) is 18.3 Å². The van der Waals surface area contributed by atoms with Crippen molar-refractivity contribution in [3.05, 3.63) is 56.8 Å². The van der Waals surface area contributed by atoms with Crippen LogP contribution in [-0.2, 0) is 15.7 Å². The average molecular weight is 504 g/mol. The summed E-state index contributed by atoms with van der Waals surface area (Å²) in [7, 11) is 1.59. The van der Waals surface area contributed by atoms with Gasteiger partial charge in [0.05, 0.1) is 28.3 Å². The molecule has 33 heavy (non-hydrogen) atoms. The van der Waals surface area contributed by atoms with Crippen LogP contribution in [0.4, 0.5) is 19.0 Å². The molecule has 1 saturated heterocycles. The zero-order valence-corrected chi connectivity index (χ0v) is 19.4. The standard InChI is InChI=1S/C21H22Cl2F3N5O2/c1-11-18(20(32)29-30-7-3-4-13(30)10-33-2)19(12-5-6-14(22)15(23)8-12)31-17(27-11)9-16(28-31)21(24,25)26/h5-6,8-9,13,19,27H,3-4,7,10H2,1-2H3,(H,29,32). The van der Waals surface area contributed by atoms with Gasteiger partial charge in [0.25, 0.3) is 5.91 Å². The molecule has 1 fully saturated rings. The predicted molar refractivity (Wildman–Crippen MR) is 118 cm³/mol. The van der Waals surface area contributed by atoms with Crippen molar-refractivity contribution in [2.24, 2.45) is 0 Å². The van der Waals surface area contributed by atoms with E-state index in [-0.39, 0.29) is 27.5 Å². The van der Waals surface area contributed by atoms with E-state index in [4.69, 9.17) is 27.9 Å². The van der Waals surface area contributed by atoms with E-state index in [0.29, 0.717) is 24.4 Å². The molecule has 0 aliphatic carbocycles. The summed E-state index contributed by atoms with van der Waals surface area (Å²) >= 11 is 12.2. The molecule has 0 radical (unpaired) electrons. The lowest BCUT2D eigenvalue weighted by molar-refractivity contribution is -0.141. The Kier molecular flexibility index (Phi) is 6.63. The minimum absolute atomic E-state index is 0.0110. The molecule has 3 heterocycles. The second-order valence-electron chi connectivity index (χ2n) is 7.98. The van der Waals surface area contributed by atoms with Crippen LogP contribution >= 0.6 is 23.2 Å². The van der Waals surface area contributed by atoms with Gasteiger partial charge >= 0.3 is 6.18 Å². The second kappa shape index (κ2) is 9.17. The summed E-state index contributed by atoms with van der Waals surface area (Å²) in [5, 5.41) is 8.98. The SMILES string of the molecule is COCC1CCCN1NC(=O)C1=C(C)Nc2cc(C(F)(F)F)nn2C1c1ccc(Cl)c(Cl)c1. The number of aromatic nitrogens is 2. The number of ether oxygens (including phenoxy) is 1. The van der Waals surface area contributed by atoms with Crippen LogP contribution in [0.2, 0.25) is 10.0 Å². The van der Waals surface area contributed by atoms with Crippen LogP contribution in [0.1, 0.15) is 37.1 Å². The van der Waals surface area contributed by atoms with Crippen molar-refractivity contribution >= 4 is 34.9 Å². The van der Waals surface area contributed by atoms with Crippen LogP contribution in [0.5, 0.6) is 0 Å². The number of hydrogen-bond donors (Lipinski definition) is 2. The Balaban J connectivity index is 1.76. The number of carbonyl (C=O) groups excluding carboxylic acids is 1. The number of hydrazine groups is 1. The summed E-state index contributed by atoms with van der Waals surface area (Å²) in [6.07, 6.45) is -2.90. The molecule has 178 valence electrons. The van der Waals surface area contributed by atoms with E-state index < -0.39 is 23.8 Å². The third-order valence-corrected chi connectivity index (χ3v) is 6.49. The maximum Gasteiger partial charge on any atom is 0.435 e. The zero-order chi connectivity index (χ0) is 23.9. The molecule has 4 rings (SSSR count). The third kappa shape index (κ3) is 4.70. The van der Waals surface area contributed by atoms with Crippen LogP contribution < -0.4 is 10.7 Å². The molecule has 1 amide bonds. The fraction of sp³-hybridized carbons (Fsp3) is 0.429. The van der Waals surface area contributed by atoms with E-state index in [2.05, 4.69) is 15.8 Å². The zero-order valence-electron chi connectivity index (χ0n) is 17.8. The fourth-order valence-electron chi connectivity index (χ4n) is 4.23. The van der Waals surface area contributed by atoms with Crippen LogP contribution in [0.15, 0.2) is 35.5 Å². The molecular formula is C21H22Cl2F3N5O2. The molecule has 2 atom stereocenters. The van der Waals surface area contributed by atoms with Crippen LogP contribution in [-0.4, -0.2) is 47.0 Å². The first-order valence-electron chi connectivity index (χ1n) is 10.3. The number of fused-ring (bicyclic) bond motifs is 1. The first-order valence-corrected chi connectivity index (χ1v) is 11.0. The number of carbonyl (C=O) groups is 1. The van der Waals surface area contributed by atoms with Crippen molar-refractivity contribution in [1.29, 1.82) is 0 Å². The summed E-state index contributed by atoms with van der Waals surface area (Å²) in [6.45, 7) is 2.73. The topological polar surface area (TPSA) is 71.4 Å². The van der Waals surface area contributed by atoms with Crippen LogP contribution in [0.3, 0.4) is 0 Å². The predicted octanol–water partition coefficient (Wildman–Crippen LogP) is 4.64. The highest BCUT2D eigenvalue weighted by molar-refractivity contribution is 6.42. The number of anilines is 1. The van der Waals surface area contributed by atoms with E-state index >= 15 is 0 Å². The normalized spacial score (nSPS) is 21.2. The Morgan fingerprint density at radius 3 is 2.73 bits per heavy atom. The van der Waals surface area contributed by atoms with Gasteiger partial charge in [-0.05, 0) is 37.5 Å². The molecule has 2 unspecified atom stereocenters. The van der Waals surface area contributed by atoms with Gasteiger partial charge in [0, 0.05) is 25.4 Å². The first-order chi connectivity index (χ1) is 15.6. The summed E-state index contributed by atoms with van der Waals surface area (Å²) in [4.78, 5) is 13.4. The van der Waals surface area contributed by atoms with Gasteiger partial charge in [0.2, 0.25) is 0 Å². The highest BCUT2D eigenvalue weighted by Gasteiger charge is 2.40. The molecule has 0 bridgehead atoms. The van der Waals surface area contributed by atoms with Gasteiger partial charge in [0.15, 0.2) is 5.69 Å². The molecule has 1 aromatic heterocycles. The molecule has 2 aliphatic rings. The lowest BCUT2D eigenvalue weighted by atomic mass is 9.95. The van der Waals surface area contributed by atoms with Gasteiger partial charge in [-0.1, -0.05) is 29.3 Å². The smallest absolute Gasteiger partial charge is 0.383 e.